The molecule has 3 rings (SSSR count). The number of carbonyl (C=O) groups is 2. The van der Waals surface area contributed by atoms with E-state index in [4.69, 9.17) is 13.9 Å². The summed E-state index contributed by atoms with van der Waals surface area (Å²) in [5.74, 6) is 0.920. The highest BCUT2D eigenvalue weighted by Crippen LogP contribution is 2.34. The van der Waals surface area contributed by atoms with Crippen LogP contribution in [-0.2, 0) is 4.79 Å². The van der Waals surface area contributed by atoms with Gasteiger partial charge in [0.25, 0.3) is 5.91 Å². The molecule has 2 heterocycles. The van der Waals surface area contributed by atoms with Crippen LogP contribution in [0.25, 0.3) is 0 Å². The van der Waals surface area contributed by atoms with Crippen LogP contribution in [0.3, 0.4) is 0 Å². The summed E-state index contributed by atoms with van der Waals surface area (Å²) in [5.41, 5.74) is 0.617. The number of anilines is 1. The zero-order chi connectivity index (χ0) is 15.4. The molecule has 0 radical (unpaired) electrons. The van der Waals surface area contributed by atoms with Gasteiger partial charge in [0.15, 0.2) is 17.3 Å². The average molecular weight is 302 g/mol. The van der Waals surface area contributed by atoms with Crippen LogP contribution in [0.15, 0.2) is 41.0 Å². The monoisotopic (exact) mass is 302 g/mol. The highest BCUT2D eigenvalue weighted by Gasteiger charge is 2.14. The molecule has 0 atom stereocenters. The van der Waals surface area contributed by atoms with Crippen LogP contribution in [0.5, 0.6) is 11.5 Å². The number of ether oxygens (including phenoxy) is 2. The number of hydrogen-bond acceptors (Lipinski definition) is 5. The lowest BCUT2D eigenvalue weighted by Crippen LogP contribution is -2.27. The Kier molecular flexibility index (Phi) is 3.95. The SMILES string of the molecule is O=C(CCNC(=O)c1ccco1)Nc1ccc2c(c1)OCO2. The Labute approximate surface area is 126 Å². The Morgan fingerprint density at radius 2 is 2.00 bits per heavy atom. The predicted octanol–water partition coefficient (Wildman–Crippen LogP) is 1.77. The molecule has 114 valence electrons. The molecule has 1 aromatic carbocycles. The van der Waals surface area contributed by atoms with E-state index >= 15 is 0 Å². The van der Waals surface area contributed by atoms with Crippen molar-refractivity contribution in [2.45, 2.75) is 6.42 Å². The van der Waals surface area contributed by atoms with E-state index < -0.39 is 0 Å². The van der Waals surface area contributed by atoms with E-state index in [0.717, 1.165) is 0 Å². The quantitative estimate of drug-likeness (QED) is 0.878. The lowest BCUT2D eigenvalue weighted by atomic mass is 10.2. The number of amides is 2. The fraction of sp³-hybridized carbons (Fsp3) is 0.200. The van der Waals surface area contributed by atoms with Gasteiger partial charge in [-0.1, -0.05) is 0 Å². The molecule has 0 fully saturated rings. The molecule has 22 heavy (non-hydrogen) atoms. The predicted molar refractivity (Wildman–Crippen MR) is 76.9 cm³/mol. The van der Waals surface area contributed by atoms with Crippen molar-refractivity contribution in [3.63, 3.8) is 0 Å². The molecule has 1 aliphatic rings. The van der Waals surface area contributed by atoms with Gasteiger partial charge in [0.2, 0.25) is 12.7 Å². The van der Waals surface area contributed by atoms with E-state index in [1.807, 2.05) is 0 Å². The highest BCUT2D eigenvalue weighted by molar-refractivity contribution is 5.93. The fourth-order valence-electron chi connectivity index (χ4n) is 1.98. The summed E-state index contributed by atoms with van der Waals surface area (Å²) >= 11 is 0. The molecule has 2 aromatic rings. The highest BCUT2D eigenvalue weighted by atomic mass is 16.7. The van der Waals surface area contributed by atoms with Gasteiger partial charge in [0.1, 0.15) is 0 Å². The zero-order valence-corrected chi connectivity index (χ0v) is 11.6. The lowest BCUT2D eigenvalue weighted by Gasteiger charge is -2.06. The first-order valence-electron chi connectivity index (χ1n) is 6.73. The Bertz CT molecular complexity index is 681. The average Bonchev–Trinajstić information content (AvgIpc) is 3.18. The van der Waals surface area contributed by atoms with Crippen molar-refractivity contribution in [3.05, 3.63) is 42.4 Å². The Morgan fingerprint density at radius 3 is 2.82 bits per heavy atom. The molecule has 0 saturated heterocycles. The van der Waals surface area contributed by atoms with Gasteiger partial charge in [0, 0.05) is 24.7 Å². The van der Waals surface area contributed by atoms with Crippen molar-refractivity contribution in [2.24, 2.45) is 0 Å². The first-order valence-corrected chi connectivity index (χ1v) is 6.73. The van der Waals surface area contributed by atoms with Crippen LogP contribution in [-0.4, -0.2) is 25.2 Å². The number of rotatable bonds is 5. The molecule has 7 heteroatoms. The smallest absolute Gasteiger partial charge is 0.286 e. The van der Waals surface area contributed by atoms with Crippen LogP contribution in [0.4, 0.5) is 5.69 Å². The molecule has 1 aromatic heterocycles. The molecule has 0 unspecified atom stereocenters. The number of fused-ring (bicyclic) bond motifs is 1. The van der Waals surface area contributed by atoms with Gasteiger partial charge >= 0.3 is 0 Å². The number of nitrogens with one attached hydrogen (secondary N) is 2. The Hall–Kier alpha value is -2.96. The van der Waals surface area contributed by atoms with Crippen molar-refractivity contribution in [3.8, 4) is 11.5 Å². The van der Waals surface area contributed by atoms with Crippen molar-refractivity contribution in [1.82, 2.24) is 5.32 Å². The second kappa shape index (κ2) is 6.21. The van der Waals surface area contributed by atoms with Gasteiger partial charge in [-0.15, -0.1) is 0 Å². The summed E-state index contributed by atoms with van der Waals surface area (Å²) in [5, 5.41) is 5.34. The first kappa shape index (κ1) is 14.0. The molecule has 0 aliphatic carbocycles. The number of hydrogen-bond donors (Lipinski definition) is 2. The van der Waals surface area contributed by atoms with Gasteiger partial charge in [-0.3, -0.25) is 9.59 Å². The maximum Gasteiger partial charge on any atom is 0.286 e. The van der Waals surface area contributed by atoms with Crippen LogP contribution < -0.4 is 20.1 Å². The number of benzene rings is 1. The van der Waals surface area contributed by atoms with E-state index in [1.54, 1.807) is 30.3 Å². The van der Waals surface area contributed by atoms with Gasteiger partial charge in [-0.2, -0.15) is 0 Å². The summed E-state index contributed by atoms with van der Waals surface area (Å²) in [4.78, 5) is 23.4. The van der Waals surface area contributed by atoms with Crippen LogP contribution >= 0.6 is 0 Å². The van der Waals surface area contributed by atoms with Crippen molar-refractivity contribution < 1.29 is 23.5 Å². The fourth-order valence-corrected chi connectivity index (χ4v) is 1.98. The Morgan fingerprint density at radius 1 is 1.14 bits per heavy atom. The van der Waals surface area contributed by atoms with Crippen molar-refractivity contribution in [2.75, 3.05) is 18.7 Å². The molecule has 2 N–H and O–H groups in total. The third-order valence-electron chi connectivity index (χ3n) is 3.04. The minimum Gasteiger partial charge on any atom is -0.459 e. The molecule has 1 aliphatic heterocycles. The summed E-state index contributed by atoms with van der Waals surface area (Å²) in [6, 6.07) is 8.34. The van der Waals surface area contributed by atoms with E-state index in [1.165, 1.54) is 6.26 Å². The largest absolute Gasteiger partial charge is 0.459 e. The van der Waals surface area contributed by atoms with E-state index in [0.29, 0.717) is 17.2 Å². The van der Waals surface area contributed by atoms with E-state index in [9.17, 15) is 9.59 Å². The van der Waals surface area contributed by atoms with Gasteiger partial charge in [0.05, 0.1) is 6.26 Å². The van der Waals surface area contributed by atoms with Crippen LogP contribution in [0.1, 0.15) is 17.0 Å². The third-order valence-corrected chi connectivity index (χ3v) is 3.04. The second-order valence-corrected chi connectivity index (χ2v) is 4.60. The second-order valence-electron chi connectivity index (χ2n) is 4.60. The molecule has 7 nitrogen and oxygen atoms in total. The summed E-state index contributed by atoms with van der Waals surface area (Å²) in [6.45, 7) is 0.404. The molecular weight excluding hydrogens is 288 g/mol. The maximum atomic E-state index is 11.8. The number of furan rings is 1. The molecule has 0 bridgehead atoms. The van der Waals surface area contributed by atoms with Crippen molar-refractivity contribution in [1.29, 1.82) is 0 Å². The lowest BCUT2D eigenvalue weighted by molar-refractivity contribution is -0.116. The normalized spacial score (nSPS) is 12.0. The molecule has 0 spiro atoms. The summed E-state index contributed by atoms with van der Waals surface area (Å²) in [6.07, 6.45) is 1.57. The minimum atomic E-state index is -0.346. The van der Waals surface area contributed by atoms with Crippen LogP contribution in [0, 0.1) is 0 Å². The maximum absolute atomic E-state index is 11.8. The Balaban J connectivity index is 1.45. The zero-order valence-electron chi connectivity index (χ0n) is 11.6. The first-order chi connectivity index (χ1) is 10.7. The van der Waals surface area contributed by atoms with Crippen LogP contribution in [0.2, 0.25) is 0 Å². The van der Waals surface area contributed by atoms with Gasteiger partial charge in [-0.25, -0.2) is 0 Å². The van der Waals surface area contributed by atoms with Crippen molar-refractivity contribution >= 4 is 17.5 Å². The summed E-state index contributed by atoms with van der Waals surface area (Å²) in [7, 11) is 0. The standard InChI is InChI=1S/C15H14N2O5/c18-14(5-6-16-15(19)12-2-1-7-20-12)17-10-3-4-11-13(8-10)22-9-21-11/h1-4,7-8H,5-6,9H2,(H,16,19)(H,17,18). The third kappa shape index (κ3) is 3.20. The van der Waals surface area contributed by atoms with E-state index in [-0.39, 0.29) is 37.3 Å². The summed E-state index contributed by atoms with van der Waals surface area (Å²) < 4.78 is 15.4. The molecular formula is C15H14N2O5. The van der Waals surface area contributed by atoms with Gasteiger partial charge in [-0.05, 0) is 24.3 Å². The topological polar surface area (TPSA) is 89.8 Å². The minimum absolute atomic E-state index is 0.154. The molecule has 0 saturated carbocycles. The van der Waals surface area contributed by atoms with Gasteiger partial charge < -0.3 is 24.5 Å². The molecule has 2 amide bonds. The number of carbonyl (C=O) groups excluding carboxylic acids is 2. The van der Waals surface area contributed by atoms with E-state index in [2.05, 4.69) is 10.6 Å².